The van der Waals surface area contributed by atoms with Gasteiger partial charge in [-0.05, 0) is 29.0 Å². The van der Waals surface area contributed by atoms with Crippen molar-refractivity contribution in [2.24, 2.45) is 0 Å². The zero-order valence-electron chi connectivity index (χ0n) is 7.86. The highest BCUT2D eigenvalue weighted by Crippen LogP contribution is 2.44. The maximum Gasteiger partial charge on any atom is 0.428 e. The van der Waals surface area contributed by atoms with Crippen LogP contribution in [0.4, 0.5) is 13.2 Å². The van der Waals surface area contributed by atoms with Crippen molar-refractivity contribution in [3.63, 3.8) is 0 Å². The molecule has 2 rings (SSSR count). The molecule has 1 N–H and O–H groups in total. The second kappa shape index (κ2) is 3.64. The highest BCUT2D eigenvalue weighted by molar-refractivity contribution is 7.08. The van der Waals surface area contributed by atoms with Crippen LogP contribution in [0.3, 0.4) is 0 Å². The van der Waals surface area contributed by atoms with Crippen molar-refractivity contribution >= 4 is 11.3 Å². The molecule has 6 heteroatoms. The normalized spacial score (nSPS) is 16.0. The van der Waals surface area contributed by atoms with Crippen LogP contribution < -0.4 is 0 Å². The van der Waals surface area contributed by atoms with E-state index in [1.165, 1.54) is 22.9 Å². The Bertz CT molecular complexity index is 411. The van der Waals surface area contributed by atoms with E-state index in [0.29, 0.717) is 0 Å². The first-order valence-electron chi connectivity index (χ1n) is 4.32. The highest BCUT2D eigenvalue weighted by atomic mass is 32.1. The maximum atomic E-state index is 12.9. The third-order valence-corrected chi connectivity index (χ3v) is 2.91. The smallest absolute Gasteiger partial charge is 0.428 e. The molecule has 2 aromatic rings. The number of hydrogen-bond acceptors (Lipinski definition) is 3. The summed E-state index contributed by atoms with van der Waals surface area (Å²) in [6.07, 6.45) is -3.73. The molecule has 2 nitrogen and oxygen atoms in total. The molecule has 1 atom stereocenters. The number of furan rings is 1. The minimum atomic E-state index is -4.83. The second-order valence-corrected chi connectivity index (χ2v) is 3.98. The average molecular weight is 248 g/mol. The summed E-state index contributed by atoms with van der Waals surface area (Å²) in [4.78, 5) is 0. The molecule has 2 heterocycles. The van der Waals surface area contributed by atoms with E-state index in [-0.39, 0.29) is 5.56 Å². The molecule has 0 amide bonds. The van der Waals surface area contributed by atoms with Gasteiger partial charge in [-0.3, -0.25) is 0 Å². The second-order valence-electron chi connectivity index (χ2n) is 3.20. The van der Waals surface area contributed by atoms with Crippen LogP contribution in [0.2, 0.25) is 0 Å². The van der Waals surface area contributed by atoms with Crippen molar-refractivity contribution in [2.75, 3.05) is 0 Å². The summed E-state index contributed by atoms with van der Waals surface area (Å²) < 4.78 is 43.5. The molecule has 0 saturated carbocycles. The van der Waals surface area contributed by atoms with E-state index in [0.717, 1.165) is 23.7 Å². The van der Waals surface area contributed by atoms with Crippen molar-refractivity contribution in [3.8, 4) is 0 Å². The first kappa shape index (κ1) is 11.2. The van der Waals surface area contributed by atoms with Crippen LogP contribution in [0, 0.1) is 0 Å². The molecule has 0 aliphatic heterocycles. The Hall–Kier alpha value is -1.27. The van der Waals surface area contributed by atoms with Gasteiger partial charge in [-0.2, -0.15) is 24.5 Å². The maximum absolute atomic E-state index is 12.9. The van der Waals surface area contributed by atoms with E-state index >= 15 is 0 Å². The van der Waals surface area contributed by atoms with Gasteiger partial charge in [0, 0.05) is 5.56 Å². The molecule has 0 fully saturated rings. The third-order valence-electron chi connectivity index (χ3n) is 2.23. The molecule has 2 aromatic heterocycles. The van der Waals surface area contributed by atoms with E-state index in [2.05, 4.69) is 4.42 Å². The number of alkyl halides is 3. The van der Waals surface area contributed by atoms with E-state index in [9.17, 15) is 18.3 Å². The average Bonchev–Trinajstić information content (AvgIpc) is 2.88. The van der Waals surface area contributed by atoms with Crippen LogP contribution in [0.5, 0.6) is 0 Å². The summed E-state index contributed by atoms with van der Waals surface area (Å²) in [6.45, 7) is 0. The number of thiophene rings is 1. The lowest BCUT2D eigenvalue weighted by atomic mass is 9.93. The van der Waals surface area contributed by atoms with Gasteiger partial charge in [-0.25, -0.2) is 0 Å². The molecule has 0 aliphatic carbocycles. The van der Waals surface area contributed by atoms with E-state index in [1.54, 1.807) is 0 Å². The number of rotatable bonds is 2. The minimum Gasteiger partial charge on any atom is -0.466 e. The molecule has 0 spiro atoms. The van der Waals surface area contributed by atoms with Gasteiger partial charge in [-0.15, -0.1) is 0 Å². The quantitative estimate of drug-likeness (QED) is 0.885. The lowest BCUT2D eigenvalue weighted by Gasteiger charge is -2.27. The van der Waals surface area contributed by atoms with Gasteiger partial charge in [0.2, 0.25) is 5.60 Å². The Kier molecular flexibility index (Phi) is 2.55. The van der Waals surface area contributed by atoms with E-state index < -0.39 is 17.5 Å². The predicted octanol–water partition coefficient (Wildman–Crippen LogP) is 3.14. The van der Waals surface area contributed by atoms with Crippen molar-refractivity contribution in [2.45, 2.75) is 11.8 Å². The first-order chi connectivity index (χ1) is 7.46. The number of hydrogen-bond donors (Lipinski definition) is 1. The molecule has 0 saturated heterocycles. The summed E-state index contributed by atoms with van der Waals surface area (Å²) in [5, 5.41) is 12.6. The monoisotopic (exact) mass is 248 g/mol. The number of halogens is 3. The summed E-state index contributed by atoms with van der Waals surface area (Å²) in [6, 6.07) is 3.63. The van der Waals surface area contributed by atoms with Gasteiger partial charge in [0.25, 0.3) is 0 Å². The largest absolute Gasteiger partial charge is 0.466 e. The first-order valence-corrected chi connectivity index (χ1v) is 5.26. The van der Waals surface area contributed by atoms with Crippen LogP contribution in [-0.4, -0.2) is 11.3 Å². The topological polar surface area (TPSA) is 33.4 Å². The van der Waals surface area contributed by atoms with Crippen LogP contribution in [0.1, 0.15) is 11.3 Å². The van der Waals surface area contributed by atoms with Crippen LogP contribution in [-0.2, 0) is 5.60 Å². The van der Waals surface area contributed by atoms with Crippen molar-refractivity contribution in [3.05, 3.63) is 46.5 Å². The van der Waals surface area contributed by atoms with Gasteiger partial charge in [0.1, 0.15) is 5.76 Å². The predicted molar refractivity (Wildman–Crippen MR) is 52.1 cm³/mol. The van der Waals surface area contributed by atoms with Crippen LogP contribution in [0.15, 0.2) is 39.6 Å². The van der Waals surface area contributed by atoms with Gasteiger partial charge in [-0.1, -0.05) is 0 Å². The van der Waals surface area contributed by atoms with Gasteiger partial charge < -0.3 is 9.52 Å². The number of aliphatic hydroxyl groups is 1. The fourth-order valence-corrected chi connectivity index (χ4v) is 2.10. The molecule has 0 radical (unpaired) electrons. The summed E-state index contributed by atoms with van der Waals surface area (Å²) in [7, 11) is 0. The molecule has 0 aliphatic rings. The molecule has 86 valence electrons. The minimum absolute atomic E-state index is 0.236. The fraction of sp³-hybridized carbons (Fsp3) is 0.200. The highest BCUT2D eigenvalue weighted by Gasteiger charge is 2.58. The lowest BCUT2D eigenvalue weighted by Crippen LogP contribution is -2.42. The van der Waals surface area contributed by atoms with Crippen molar-refractivity contribution < 1.29 is 22.7 Å². The molecular weight excluding hydrogens is 241 g/mol. The molecule has 0 aromatic carbocycles. The van der Waals surface area contributed by atoms with E-state index in [1.807, 2.05) is 0 Å². The molecular formula is C10H7F3O2S. The lowest BCUT2D eigenvalue weighted by molar-refractivity contribution is -0.254. The Labute approximate surface area is 92.9 Å². The van der Waals surface area contributed by atoms with Crippen molar-refractivity contribution in [1.29, 1.82) is 0 Å². The SMILES string of the molecule is OC(c1ccsc1)(c1ccco1)C(F)(F)F. The van der Waals surface area contributed by atoms with Crippen LogP contribution in [0.25, 0.3) is 0 Å². The Morgan fingerprint density at radius 2 is 2.00 bits per heavy atom. The summed E-state index contributed by atoms with van der Waals surface area (Å²) in [5.74, 6) is -0.529. The van der Waals surface area contributed by atoms with E-state index in [4.69, 9.17) is 0 Å². The Morgan fingerprint density at radius 3 is 2.44 bits per heavy atom. The summed E-state index contributed by atoms with van der Waals surface area (Å²) >= 11 is 1.08. The zero-order valence-corrected chi connectivity index (χ0v) is 8.68. The Morgan fingerprint density at radius 1 is 1.25 bits per heavy atom. The standard InChI is InChI=1S/C10H7F3O2S/c11-10(12,13)9(14,7-3-5-16-6-7)8-2-1-4-15-8/h1-6,14H. The van der Waals surface area contributed by atoms with Crippen LogP contribution >= 0.6 is 11.3 Å². The third kappa shape index (κ3) is 1.54. The Balaban J connectivity index is 2.59. The fourth-order valence-electron chi connectivity index (χ4n) is 1.40. The summed E-state index contributed by atoms with van der Waals surface area (Å²) in [5.41, 5.74) is -3.31. The van der Waals surface area contributed by atoms with Gasteiger partial charge >= 0.3 is 6.18 Å². The molecule has 16 heavy (non-hydrogen) atoms. The van der Waals surface area contributed by atoms with Gasteiger partial charge in [0.05, 0.1) is 6.26 Å². The van der Waals surface area contributed by atoms with Gasteiger partial charge in [0.15, 0.2) is 0 Å². The zero-order chi connectivity index (χ0) is 11.8. The molecule has 1 unspecified atom stereocenters. The van der Waals surface area contributed by atoms with Crippen molar-refractivity contribution in [1.82, 2.24) is 0 Å². The molecule has 0 bridgehead atoms.